The number of nitrogens with one attached hydrogen (secondary N) is 3. The van der Waals surface area contributed by atoms with Gasteiger partial charge >= 0.3 is 0 Å². The second kappa shape index (κ2) is 8.12. The molecule has 4 heterocycles. The summed E-state index contributed by atoms with van der Waals surface area (Å²) in [4.78, 5) is 14.1. The number of aromatic nitrogens is 2. The number of hydrazine groups is 1. The number of nitrogens with zero attached hydrogens (tertiary/aromatic N) is 3. The summed E-state index contributed by atoms with van der Waals surface area (Å²) in [5, 5.41) is 8.02. The van der Waals surface area contributed by atoms with Crippen LogP contribution >= 0.6 is 11.3 Å². The van der Waals surface area contributed by atoms with Crippen molar-refractivity contribution in [3.63, 3.8) is 0 Å². The molecule has 7 nitrogen and oxygen atoms in total. The van der Waals surface area contributed by atoms with Crippen LogP contribution in [0.25, 0.3) is 10.9 Å². The first-order valence-electron chi connectivity index (χ1n) is 10.4. The van der Waals surface area contributed by atoms with Gasteiger partial charge in [0.1, 0.15) is 6.61 Å². The van der Waals surface area contributed by atoms with Crippen LogP contribution in [0.4, 0.5) is 0 Å². The van der Waals surface area contributed by atoms with Crippen molar-refractivity contribution in [1.82, 2.24) is 25.7 Å². The van der Waals surface area contributed by atoms with Gasteiger partial charge < -0.3 is 15.0 Å². The second-order valence-electron chi connectivity index (χ2n) is 7.44. The predicted octanol–water partition coefficient (Wildman–Crippen LogP) is 3.42. The SMILES string of the molecule is CCc1nc(C)c(C2N=CC3=C(NCCO3)N2NCCc2c[nH]c3ccccc23)s1. The fraction of sp³-hybridized carbons (Fsp3) is 0.364. The molecule has 30 heavy (non-hydrogen) atoms. The summed E-state index contributed by atoms with van der Waals surface area (Å²) in [6, 6.07) is 8.42. The van der Waals surface area contributed by atoms with Gasteiger partial charge in [0.25, 0.3) is 0 Å². The number of allylic oxidation sites excluding steroid dienone is 1. The summed E-state index contributed by atoms with van der Waals surface area (Å²) >= 11 is 1.74. The van der Waals surface area contributed by atoms with E-state index in [-0.39, 0.29) is 6.17 Å². The molecule has 0 saturated carbocycles. The minimum absolute atomic E-state index is 0.154. The van der Waals surface area contributed by atoms with Gasteiger partial charge in [-0.15, -0.1) is 11.3 Å². The molecular formula is C22H26N6OS. The quantitative estimate of drug-likeness (QED) is 0.567. The molecule has 0 fully saturated rings. The van der Waals surface area contributed by atoms with Crippen molar-refractivity contribution >= 4 is 28.5 Å². The maximum absolute atomic E-state index is 5.83. The lowest BCUT2D eigenvalue weighted by Crippen LogP contribution is -2.49. The Kier molecular flexibility index (Phi) is 5.18. The number of ether oxygens (including phenoxy) is 1. The van der Waals surface area contributed by atoms with Crippen LogP contribution in [0.3, 0.4) is 0 Å². The van der Waals surface area contributed by atoms with Crippen molar-refractivity contribution in [2.75, 3.05) is 19.7 Å². The molecule has 0 spiro atoms. The number of aryl methyl sites for hydroxylation is 2. The standard InChI is InChI=1S/C22H26N6OS/c1-3-19-27-14(2)20(30-19)22-25-13-18-21(23-10-11-29-18)28(22)26-9-8-15-12-24-17-7-5-4-6-16(15)17/h4-7,12-13,22-24,26H,3,8-11H2,1-2H3. The maximum Gasteiger partial charge on any atom is 0.178 e. The molecule has 5 rings (SSSR count). The first-order chi connectivity index (χ1) is 14.7. The summed E-state index contributed by atoms with van der Waals surface area (Å²) in [5.74, 6) is 1.74. The molecule has 0 amide bonds. The van der Waals surface area contributed by atoms with Crippen molar-refractivity contribution in [1.29, 1.82) is 0 Å². The van der Waals surface area contributed by atoms with Gasteiger partial charge in [0.15, 0.2) is 17.7 Å². The van der Waals surface area contributed by atoms with Gasteiger partial charge in [-0.1, -0.05) is 25.1 Å². The number of benzene rings is 1. The molecule has 0 bridgehead atoms. The van der Waals surface area contributed by atoms with Gasteiger partial charge in [-0.3, -0.25) is 10.0 Å². The number of rotatable bonds is 6. The molecule has 0 aliphatic carbocycles. The third-order valence-corrected chi connectivity index (χ3v) is 6.81. The van der Waals surface area contributed by atoms with E-state index in [4.69, 9.17) is 14.7 Å². The zero-order chi connectivity index (χ0) is 20.5. The van der Waals surface area contributed by atoms with E-state index < -0.39 is 0 Å². The smallest absolute Gasteiger partial charge is 0.178 e. The van der Waals surface area contributed by atoms with Crippen molar-refractivity contribution in [2.24, 2.45) is 4.99 Å². The van der Waals surface area contributed by atoms with E-state index in [1.165, 1.54) is 21.3 Å². The number of H-pyrrole nitrogens is 1. The van der Waals surface area contributed by atoms with Crippen molar-refractivity contribution in [2.45, 2.75) is 32.9 Å². The molecule has 8 heteroatoms. The Morgan fingerprint density at radius 3 is 3.10 bits per heavy atom. The van der Waals surface area contributed by atoms with Crippen molar-refractivity contribution in [3.8, 4) is 0 Å². The molecule has 156 valence electrons. The Bertz CT molecular complexity index is 1110. The highest BCUT2D eigenvalue weighted by Gasteiger charge is 2.32. The number of aromatic amines is 1. The van der Waals surface area contributed by atoms with Crippen LogP contribution in [0.15, 0.2) is 47.0 Å². The van der Waals surface area contributed by atoms with Crippen LogP contribution in [0.5, 0.6) is 0 Å². The van der Waals surface area contributed by atoms with E-state index in [1.54, 1.807) is 11.3 Å². The maximum atomic E-state index is 5.83. The van der Waals surface area contributed by atoms with Gasteiger partial charge in [-0.05, 0) is 31.4 Å². The molecule has 1 atom stereocenters. The average Bonchev–Trinajstić information content (AvgIpc) is 3.37. The van der Waals surface area contributed by atoms with E-state index in [9.17, 15) is 0 Å². The third kappa shape index (κ3) is 3.46. The summed E-state index contributed by atoms with van der Waals surface area (Å²) in [6.45, 7) is 6.42. The highest BCUT2D eigenvalue weighted by molar-refractivity contribution is 7.11. The number of thiazole rings is 1. The molecule has 1 unspecified atom stereocenters. The molecule has 0 radical (unpaired) electrons. The summed E-state index contributed by atoms with van der Waals surface area (Å²) < 4.78 is 5.83. The lowest BCUT2D eigenvalue weighted by Gasteiger charge is -2.38. The Hall–Kier alpha value is -2.84. The van der Waals surface area contributed by atoms with E-state index >= 15 is 0 Å². The molecule has 2 aliphatic heterocycles. The molecule has 2 aromatic heterocycles. The van der Waals surface area contributed by atoms with E-state index in [0.717, 1.165) is 48.2 Å². The topological polar surface area (TPSA) is 77.6 Å². The van der Waals surface area contributed by atoms with Crippen LogP contribution < -0.4 is 10.7 Å². The Balaban J connectivity index is 1.39. The number of hydrogen-bond donors (Lipinski definition) is 3. The molecular weight excluding hydrogens is 396 g/mol. The molecule has 0 saturated heterocycles. The first-order valence-corrected chi connectivity index (χ1v) is 11.2. The first kappa shape index (κ1) is 19.1. The minimum Gasteiger partial charge on any atom is -0.486 e. The van der Waals surface area contributed by atoms with Crippen LogP contribution in [-0.2, 0) is 17.6 Å². The molecule has 2 aliphatic rings. The number of aliphatic imine (C=N–C) groups is 1. The average molecular weight is 423 g/mol. The number of para-hydroxylation sites is 1. The largest absolute Gasteiger partial charge is 0.486 e. The van der Waals surface area contributed by atoms with Crippen molar-refractivity contribution in [3.05, 3.63) is 63.2 Å². The van der Waals surface area contributed by atoms with Gasteiger partial charge in [-0.25, -0.2) is 10.4 Å². The van der Waals surface area contributed by atoms with Crippen LogP contribution in [0, 0.1) is 6.92 Å². The Morgan fingerprint density at radius 2 is 2.23 bits per heavy atom. The predicted molar refractivity (Wildman–Crippen MR) is 120 cm³/mol. The Morgan fingerprint density at radius 1 is 1.33 bits per heavy atom. The Labute approximate surface area is 179 Å². The zero-order valence-electron chi connectivity index (χ0n) is 17.2. The van der Waals surface area contributed by atoms with Gasteiger partial charge in [0, 0.05) is 23.6 Å². The lowest BCUT2D eigenvalue weighted by atomic mass is 10.1. The molecule has 3 aromatic rings. The summed E-state index contributed by atoms with van der Waals surface area (Å²) in [7, 11) is 0. The molecule has 1 aromatic carbocycles. The third-order valence-electron chi connectivity index (χ3n) is 5.47. The summed E-state index contributed by atoms with van der Waals surface area (Å²) in [6.07, 6.45) is 5.63. The molecule has 3 N–H and O–H groups in total. The van der Waals surface area contributed by atoms with Crippen LogP contribution in [0.1, 0.15) is 34.2 Å². The van der Waals surface area contributed by atoms with Gasteiger partial charge in [0.2, 0.25) is 0 Å². The van der Waals surface area contributed by atoms with E-state index in [0.29, 0.717) is 6.61 Å². The monoisotopic (exact) mass is 422 g/mol. The zero-order valence-corrected chi connectivity index (χ0v) is 18.1. The summed E-state index contributed by atoms with van der Waals surface area (Å²) in [5.41, 5.74) is 7.13. The number of fused-ring (bicyclic) bond motifs is 1. The van der Waals surface area contributed by atoms with Crippen LogP contribution in [-0.4, -0.2) is 40.9 Å². The fourth-order valence-electron chi connectivity index (χ4n) is 3.97. The lowest BCUT2D eigenvalue weighted by molar-refractivity contribution is 0.114. The minimum atomic E-state index is -0.154. The van der Waals surface area contributed by atoms with Gasteiger partial charge in [0.05, 0.1) is 28.3 Å². The highest BCUT2D eigenvalue weighted by atomic mass is 32.1. The normalized spacial score (nSPS) is 18.5. The number of hydrogen-bond acceptors (Lipinski definition) is 7. The second-order valence-corrected chi connectivity index (χ2v) is 8.55. The van der Waals surface area contributed by atoms with Gasteiger partial charge in [-0.2, -0.15) is 0 Å². The van der Waals surface area contributed by atoms with E-state index in [1.807, 2.05) is 6.21 Å². The highest BCUT2D eigenvalue weighted by Crippen LogP contribution is 2.34. The van der Waals surface area contributed by atoms with Crippen molar-refractivity contribution < 1.29 is 4.74 Å². The van der Waals surface area contributed by atoms with Crippen LogP contribution in [0.2, 0.25) is 0 Å². The van der Waals surface area contributed by atoms with E-state index in [2.05, 4.69) is 65.0 Å². The fourth-order valence-corrected chi connectivity index (χ4v) is 5.02.